The number of rotatable bonds is 8. The largest absolute Gasteiger partial charge is 0.482 e. The van der Waals surface area contributed by atoms with E-state index in [2.05, 4.69) is 20.9 Å². The normalized spacial score (nSPS) is 29.7. The minimum Gasteiger partial charge on any atom is -0.482 e. The third kappa shape index (κ3) is 6.83. The van der Waals surface area contributed by atoms with E-state index in [9.17, 15) is 35.9 Å². The Morgan fingerprint density at radius 1 is 0.973 bits per heavy atom. The van der Waals surface area contributed by atoms with Crippen molar-refractivity contribution in [3.8, 4) is 5.75 Å². The highest BCUT2D eigenvalue weighted by atomic mass is 19.4. The van der Waals surface area contributed by atoms with Crippen molar-refractivity contribution in [2.24, 2.45) is 0 Å². The number of halogens is 6. The first kappa shape index (κ1) is 27.4. The molecule has 2 saturated carbocycles. The highest BCUT2D eigenvalue weighted by molar-refractivity contribution is 5.79. The monoisotopic (exact) mass is 538 g/mol. The molecule has 2 atom stereocenters. The molecule has 206 valence electrons. The summed E-state index contributed by atoms with van der Waals surface area (Å²) < 4.78 is 86.8. The van der Waals surface area contributed by atoms with Crippen molar-refractivity contribution in [3.63, 3.8) is 0 Å². The van der Waals surface area contributed by atoms with Gasteiger partial charge < -0.3 is 25.4 Å². The zero-order valence-electron chi connectivity index (χ0n) is 19.8. The molecule has 0 aromatic carbocycles. The first-order valence-corrected chi connectivity index (χ1v) is 12.0. The summed E-state index contributed by atoms with van der Waals surface area (Å²) in [5.41, 5.74) is -2.08. The summed E-state index contributed by atoms with van der Waals surface area (Å²) in [6, 6.07) is 0.301. The van der Waals surface area contributed by atoms with Crippen LogP contribution in [-0.2, 0) is 20.5 Å². The number of hydrogen-bond donors (Lipinski definition) is 3. The van der Waals surface area contributed by atoms with Gasteiger partial charge in [0.05, 0.1) is 12.3 Å². The second-order valence-corrected chi connectivity index (χ2v) is 10.0. The van der Waals surface area contributed by atoms with Gasteiger partial charge in [0.1, 0.15) is 24.1 Å². The predicted octanol–water partition coefficient (Wildman–Crippen LogP) is 2.87. The predicted molar refractivity (Wildman–Crippen MR) is 116 cm³/mol. The molecule has 2 unspecified atom stereocenters. The van der Waals surface area contributed by atoms with Gasteiger partial charge in [-0.05, 0) is 57.1 Å². The van der Waals surface area contributed by atoms with Crippen LogP contribution in [0.4, 0.5) is 26.3 Å². The third-order valence-electron chi connectivity index (χ3n) is 7.26. The van der Waals surface area contributed by atoms with Crippen LogP contribution in [0.3, 0.4) is 0 Å². The molecule has 14 heteroatoms. The van der Waals surface area contributed by atoms with Gasteiger partial charge in [0.2, 0.25) is 5.91 Å². The Morgan fingerprint density at radius 3 is 2.08 bits per heavy atom. The average Bonchev–Trinajstić information content (AvgIpc) is 3.36. The number of fused-ring (bicyclic) bond motifs is 2. The number of amides is 2. The fraction of sp³-hybridized carbons (Fsp3) is 0.696. The number of nitrogens with zero attached hydrogens (tertiary/aromatic N) is 1. The van der Waals surface area contributed by atoms with Crippen molar-refractivity contribution in [2.45, 2.75) is 80.5 Å². The molecule has 0 radical (unpaired) electrons. The molecule has 8 nitrogen and oxygen atoms in total. The van der Waals surface area contributed by atoms with Gasteiger partial charge in [0.15, 0.2) is 6.61 Å². The van der Waals surface area contributed by atoms with E-state index in [0.717, 1.165) is 18.3 Å². The molecule has 2 amide bonds. The molecule has 37 heavy (non-hydrogen) atoms. The number of pyridine rings is 1. The van der Waals surface area contributed by atoms with E-state index < -0.39 is 53.8 Å². The van der Waals surface area contributed by atoms with Crippen LogP contribution < -0.4 is 20.7 Å². The van der Waals surface area contributed by atoms with Crippen LogP contribution in [0, 0.1) is 0 Å². The van der Waals surface area contributed by atoms with Gasteiger partial charge in [-0.25, -0.2) is 4.98 Å². The molecule has 1 aromatic heterocycles. The summed E-state index contributed by atoms with van der Waals surface area (Å²) in [4.78, 5) is 28.2. The minimum atomic E-state index is -4.57. The molecular formula is C23H28F6N4O4. The lowest BCUT2D eigenvalue weighted by molar-refractivity contribution is -0.166. The Balaban J connectivity index is 1.19. The zero-order chi connectivity index (χ0) is 26.9. The Bertz CT molecular complexity index is 969. The van der Waals surface area contributed by atoms with Gasteiger partial charge in [-0.1, -0.05) is 0 Å². The molecule has 1 aromatic rings. The van der Waals surface area contributed by atoms with Crippen molar-refractivity contribution in [2.75, 3.05) is 19.8 Å². The van der Waals surface area contributed by atoms with E-state index in [1.165, 1.54) is 0 Å². The van der Waals surface area contributed by atoms with E-state index in [0.29, 0.717) is 32.1 Å². The molecule has 3 N–H and O–H groups in total. The van der Waals surface area contributed by atoms with Gasteiger partial charge in [0, 0.05) is 17.6 Å². The van der Waals surface area contributed by atoms with Crippen LogP contribution in [0.2, 0.25) is 0 Å². The van der Waals surface area contributed by atoms with Gasteiger partial charge in [0.25, 0.3) is 5.91 Å². The number of carbonyl (C=O) groups is 2. The van der Waals surface area contributed by atoms with E-state index in [-0.39, 0.29) is 37.6 Å². The maximum atomic E-state index is 12.7. The zero-order valence-corrected chi connectivity index (χ0v) is 19.8. The van der Waals surface area contributed by atoms with Crippen molar-refractivity contribution in [1.29, 1.82) is 0 Å². The average molecular weight is 538 g/mol. The van der Waals surface area contributed by atoms with E-state index in [4.69, 9.17) is 9.47 Å². The second-order valence-electron chi connectivity index (χ2n) is 10.0. The number of alkyl halides is 6. The third-order valence-corrected chi connectivity index (χ3v) is 7.26. The van der Waals surface area contributed by atoms with Crippen LogP contribution in [0.5, 0.6) is 5.75 Å². The number of nitrogens with one attached hydrogen (secondary N) is 3. The quantitative estimate of drug-likeness (QED) is 0.440. The van der Waals surface area contributed by atoms with E-state index >= 15 is 0 Å². The molecule has 2 aliphatic carbocycles. The summed E-state index contributed by atoms with van der Waals surface area (Å²) in [6.07, 6.45) is -5.30. The number of piperidine rings is 1. The molecule has 2 heterocycles. The van der Waals surface area contributed by atoms with E-state index in [1.54, 1.807) is 0 Å². The Labute approximate surface area is 208 Å². The standard InChI is InChI=1S/C23H28F6N4O4/c24-22(25,26)16-3-1-14(9-30-16)36-11-18(34)32-20-5-7-21(13-20,8-6-20)33-19(35)12-37-15-2-4-17(31-10-15)23(27,28)29/h1,3,9,15,17,31H,2,4-8,10-13H2,(H,32,34)(H,33,35). The molecule has 1 aliphatic heterocycles. The van der Waals surface area contributed by atoms with Crippen LogP contribution in [0.25, 0.3) is 0 Å². The first-order valence-electron chi connectivity index (χ1n) is 12.0. The second kappa shape index (κ2) is 10.3. The summed E-state index contributed by atoms with van der Waals surface area (Å²) in [5, 5.41) is 8.33. The lowest BCUT2D eigenvalue weighted by Gasteiger charge is -2.32. The van der Waals surface area contributed by atoms with Crippen LogP contribution in [-0.4, -0.2) is 66.0 Å². The number of aromatic nitrogens is 1. The maximum Gasteiger partial charge on any atom is 0.433 e. The summed E-state index contributed by atoms with van der Waals surface area (Å²) in [6.45, 7) is -0.645. The van der Waals surface area contributed by atoms with E-state index in [1.807, 2.05) is 0 Å². The Hall–Kier alpha value is -2.61. The molecule has 1 saturated heterocycles. The van der Waals surface area contributed by atoms with Gasteiger partial charge in [-0.3, -0.25) is 9.59 Å². The van der Waals surface area contributed by atoms with Gasteiger partial charge in [-0.15, -0.1) is 0 Å². The first-order chi connectivity index (χ1) is 17.3. The smallest absolute Gasteiger partial charge is 0.433 e. The molecular weight excluding hydrogens is 510 g/mol. The van der Waals surface area contributed by atoms with Gasteiger partial charge >= 0.3 is 12.4 Å². The van der Waals surface area contributed by atoms with Crippen molar-refractivity contribution >= 4 is 11.8 Å². The number of carbonyl (C=O) groups excluding carboxylic acids is 2. The topological polar surface area (TPSA) is 102 Å². The summed E-state index contributed by atoms with van der Waals surface area (Å²) in [5.74, 6) is -0.767. The lowest BCUT2D eigenvalue weighted by atomic mass is 9.91. The minimum absolute atomic E-state index is 0.0162. The number of hydrogen-bond acceptors (Lipinski definition) is 6. The maximum absolute atomic E-state index is 12.7. The van der Waals surface area contributed by atoms with Crippen LogP contribution in [0.1, 0.15) is 50.6 Å². The number of ether oxygens (including phenoxy) is 2. The van der Waals surface area contributed by atoms with Crippen molar-refractivity contribution < 1.29 is 45.4 Å². The molecule has 2 bridgehead atoms. The molecule has 4 rings (SSSR count). The highest BCUT2D eigenvalue weighted by Gasteiger charge is 2.55. The Kier molecular flexibility index (Phi) is 7.62. The molecule has 3 fully saturated rings. The van der Waals surface area contributed by atoms with Crippen molar-refractivity contribution in [3.05, 3.63) is 24.0 Å². The van der Waals surface area contributed by atoms with Crippen LogP contribution >= 0.6 is 0 Å². The SMILES string of the molecule is O=C(COc1ccc(C(F)(F)F)nc1)NC12CCC(NC(=O)COC3CCC(C(F)(F)F)NC3)(CC1)C2. The fourth-order valence-corrected chi connectivity index (χ4v) is 5.44. The lowest BCUT2D eigenvalue weighted by Crippen LogP contribution is -2.51. The summed E-state index contributed by atoms with van der Waals surface area (Å²) in [7, 11) is 0. The van der Waals surface area contributed by atoms with Crippen LogP contribution in [0.15, 0.2) is 18.3 Å². The summed E-state index contributed by atoms with van der Waals surface area (Å²) >= 11 is 0. The fourth-order valence-electron chi connectivity index (χ4n) is 5.44. The highest BCUT2D eigenvalue weighted by Crippen LogP contribution is 2.50. The molecule has 3 aliphatic rings. The van der Waals surface area contributed by atoms with Crippen molar-refractivity contribution in [1.82, 2.24) is 20.9 Å². The Morgan fingerprint density at radius 2 is 1.59 bits per heavy atom. The van der Waals surface area contributed by atoms with Gasteiger partial charge in [-0.2, -0.15) is 26.3 Å². The molecule has 0 spiro atoms.